The number of carbonyl (C=O) groups excluding carboxylic acids is 4. The number of rotatable bonds is 4. The van der Waals surface area contributed by atoms with Crippen LogP contribution in [0.3, 0.4) is 0 Å². The maximum atomic E-state index is 13.0. The lowest BCUT2D eigenvalue weighted by Gasteiger charge is -2.27. The van der Waals surface area contributed by atoms with Crippen LogP contribution in [0, 0.1) is 0 Å². The number of imide groups is 1. The van der Waals surface area contributed by atoms with Crippen molar-refractivity contribution in [3.8, 4) is 5.75 Å². The minimum Gasteiger partial charge on any atom is -0.488 e. The number of ketones is 2. The minimum atomic E-state index is -0.897. The molecule has 0 bridgehead atoms. The zero-order chi connectivity index (χ0) is 19.8. The van der Waals surface area contributed by atoms with E-state index in [0.29, 0.717) is 5.02 Å². The van der Waals surface area contributed by atoms with E-state index in [9.17, 15) is 19.2 Å². The largest absolute Gasteiger partial charge is 0.488 e. The van der Waals surface area contributed by atoms with Gasteiger partial charge in [0.1, 0.15) is 18.1 Å². The molecule has 28 heavy (non-hydrogen) atoms. The maximum absolute atomic E-state index is 13.0. The van der Waals surface area contributed by atoms with Gasteiger partial charge in [0.25, 0.3) is 11.8 Å². The van der Waals surface area contributed by atoms with Crippen LogP contribution in [0.2, 0.25) is 5.02 Å². The lowest BCUT2D eigenvalue weighted by molar-refractivity contribution is -0.132. The van der Waals surface area contributed by atoms with E-state index in [0.717, 1.165) is 10.5 Å². The molecule has 1 unspecified atom stereocenters. The van der Waals surface area contributed by atoms with Crippen LogP contribution in [0.25, 0.3) is 0 Å². The smallest absolute Gasteiger partial charge is 0.266 e. The molecule has 7 heteroatoms. The Hall–Kier alpha value is -2.99. The predicted molar refractivity (Wildman–Crippen MR) is 100 cm³/mol. The first-order valence-corrected chi connectivity index (χ1v) is 9.26. The van der Waals surface area contributed by atoms with Crippen LogP contribution < -0.4 is 4.74 Å². The first kappa shape index (κ1) is 18.4. The van der Waals surface area contributed by atoms with E-state index in [-0.39, 0.29) is 48.5 Å². The van der Waals surface area contributed by atoms with Gasteiger partial charge in [-0.15, -0.1) is 0 Å². The first-order valence-electron chi connectivity index (χ1n) is 8.88. The van der Waals surface area contributed by atoms with Crippen molar-refractivity contribution in [1.82, 2.24) is 4.90 Å². The summed E-state index contributed by atoms with van der Waals surface area (Å²) in [5.74, 6) is -1.37. The fourth-order valence-electron chi connectivity index (χ4n) is 3.60. The second-order valence-electron chi connectivity index (χ2n) is 6.81. The van der Waals surface area contributed by atoms with Crippen molar-refractivity contribution in [2.75, 3.05) is 0 Å². The molecule has 1 heterocycles. The van der Waals surface area contributed by atoms with Gasteiger partial charge in [-0.05, 0) is 36.2 Å². The van der Waals surface area contributed by atoms with E-state index < -0.39 is 23.6 Å². The molecular formula is C21H16ClNO5. The van der Waals surface area contributed by atoms with Crippen molar-refractivity contribution in [3.63, 3.8) is 0 Å². The van der Waals surface area contributed by atoms with E-state index in [4.69, 9.17) is 16.3 Å². The third kappa shape index (κ3) is 3.20. The summed E-state index contributed by atoms with van der Waals surface area (Å²) in [6.07, 6.45) is 0.111. The Morgan fingerprint density at radius 3 is 2.57 bits per heavy atom. The number of amides is 2. The normalized spacial score (nSPS) is 19.2. The lowest BCUT2D eigenvalue weighted by atomic mass is 9.92. The topological polar surface area (TPSA) is 80.8 Å². The van der Waals surface area contributed by atoms with Crippen LogP contribution in [0.5, 0.6) is 5.75 Å². The van der Waals surface area contributed by atoms with Crippen LogP contribution >= 0.6 is 11.6 Å². The number of hydrogen-bond acceptors (Lipinski definition) is 5. The molecule has 1 atom stereocenters. The molecule has 0 aromatic heterocycles. The number of halogens is 1. The van der Waals surface area contributed by atoms with Gasteiger partial charge in [0.2, 0.25) is 0 Å². The molecule has 4 rings (SSSR count). The Labute approximate surface area is 166 Å². The third-order valence-electron chi connectivity index (χ3n) is 4.94. The van der Waals surface area contributed by atoms with E-state index in [1.165, 1.54) is 0 Å². The van der Waals surface area contributed by atoms with Crippen molar-refractivity contribution in [2.45, 2.75) is 31.9 Å². The zero-order valence-electron chi connectivity index (χ0n) is 14.8. The van der Waals surface area contributed by atoms with Gasteiger partial charge in [0, 0.05) is 11.4 Å². The molecule has 6 nitrogen and oxygen atoms in total. The Bertz CT molecular complexity index is 1020. The number of fused-ring (bicyclic) bond motifs is 1. The lowest BCUT2D eigenvalue weighted by Crippen LogP contribution is -2.47. The summed E-state index contributed by atoms with van der Waals surface area (Å²) in [6, 6.07) is 11.0. The molecule has 1 aliphatic heterocycles. The summed E-state index contributed by atoms with van der Waals surface area (Å²) in [4.78, 5) is 50.5. The van der Waals surface area contributed by atoms with Crippen LogP contribution in [0.4, 0.5) is 0 Å². The highest BCUT2D eigenvalue weighted by Gasteiger charge is 2.45. The van der Waals surface area contributed by atoms with E-state index in [2.05, 4.69) is 0 Å². The summed E-state index contributed by atoms with van der Waals surface area (Å²) < 4.78 is 5.79. The molecular weight excluding hydrogens is 382 g/mol. The number of benzene rings is 2. The molecule has 2 amide bonds. The molecule has 2 aliphatic rings. The highest BCUT2D eigenvalue weighted by atomic mass is 35.5. The summed E-state index contributed by atoms with van der Waals surface area (Å²) in [5.41, 5.74) is 1.18. The molecule has 0 spiro atoms. The molecule has 2 aromatic carbocycles. The van der Waals surface area contributed by atoms with Crippen LogP contribution in [0.1, 0.15) is 45.5 Å². The molecule has 1 fully saturated rings. The quantitative estimate of drug-likeness (QED) is 0.584. The summed E-state index contributed by atoms with van der Waals surface area (Å²) in [6.45, 7) is 0.176. The highest BCUT2D eigenvalue weighted by Crippen LogP contribution is 2.34. The van der Waals surface area contributed by atoms with Crippen LogP contribution in [0.15, 0.2) is 42.5 Å². The van der Waals surface area contributed by atoms with Gasteiger partial charge in [-0.2, -0.15) is 0 Å². The van der Waals surface area contributed by atoms with Gasteiger partial charge in [0.05, 0.1) is 23.6 Å². The fraction of sp³-hybridized carbons (Fsp3) is 0.238. The van der Waals surface area contributed by atoms with Crippen LogP contribution in [-0.2, 0) is 16.2 Å². The minimum absolute atomic E-state index is 0.152. The second-order valence-corrected chi connectivity index (χ2v) is 7.25. The van der Waals surface area contributed by atoms with Gasteiger partial charge in [-0.1, -0.05) is 29.8 Å². The fourth-order valence-corrected chi connectivity index (χ4v) is 3.81. The monoisotopic (exact) mass is 397 g/mol. The van der Waals surface area contributed by atoms with Gasteiger partial charge >= 0.3 is 0 Å². The Balaban J connectivity index is 1.61. The van der Waals surface area contributed by atoms with Crippen LogP contribution in [-0.4, -0.2) is 34.3 Å². The second kappa shape index (κ2) is 7.20. The Morgan fingerprint density at radius 2 is 1.82 bits per heavy atom. The van der Waals surface area contributed by atoms with Crippen molar-refractivity contribution in [3.05, 3.63) is 64.2 Å². The number of nitrogens with zero attached hydrogens (tertiary/aromatic N) is 1. The van der Waals surface area contributed by atoms with Crippen molar-refractivity contribution < 1.29 is 23.9 Å². The molecule has 0 saturated heterocycles. The van der Waals surface area contributed by atoms with E-state index in [1.807, 2.05) is 6.07 Å². The Morgan fingerprint density at radius 1 is 1.04 bits per heavy atom. The average molecular weight is 398 g/mol. The van der Waals surface area contributed by atoms with E-state index >= 15 is 0 Å². The number of hydrogen-bond donors (Lipinski definition) is 0. The average Bonchev–Trinajstić information content (AvgIpc) is 2.92. The van der Waals surface area contributed by atoms with Crippen molar-refractivity contribution >= 4 is 35.0 Å². The summed E-state index contributed by atoms with van der Waals surface area (Å²) in [7, 11) is 0. The molecule has 0 N–H and O–H groups in total. The molecule has 2 aromatic rings. The molecule has 0 radical (unpaired) electrons. The Kier molecular flexibility index (Phi) is 4.73. The van der Waals surface area contributed by atoms with Gasteiger partial charge < -0.3 is 4.74 Å². The highest BCUT2D eigenvalue weighted by molar-refractivity contribution is 6.30. The number of carbonyl (C=O) groups is 4. The van der Waals surface area contributed by atoms with Gasteiger partial charge in [-0.25, -0.2) is 0 Å². The van der Waals surface area contributed by atoms with Crippen molar-refractivity contribution in [2.24, 2.45) is 0 Å². The number of ether oxygens (including phenoxy) is 1. The van der Waals surface area contributed by atoms with Gasteiger partial charge in [0.15, 0.2) is 5.78 Å². The van der Waals surface area contributed by atoms with Gasteiger partial charge in [-0.3, -0.25) is 24.1 Å². The van der Waals surface area contributed by atoms with Crippen molar-refractivity contribution in [1.29, 1.82) is 0 Å². The standard InChI is InChI=1S/C21H16ClNO5/c22-13-4-1-3-12(9-13)11-28-18-6-2-5-15-19(18)21(27)23(20(15)26)16-8-7-14(24)10-17(16)25/h1-6,9,16H,7-8,10-11H2. The predicted octanol–water partition coefficient (Wildman–Crippen LogP) is 3.21. The number of Topliss-reactive ketones (excluding diaryl/α,β-unsaturated/α-hetero) is 2. The molecule has 1 saturated carbocycles. The molecule has 142 valence electrons. The summed E-state index contributed by atoms with van der Waals surface area (Å²) >= 11 is 5.97. The summed E-state index contributed by atoms with van der Waals surface area (Å²) in [5, 5.41) is 0.571. The van der Waals surface area contributed by atoms with E-state index in [1.54, 1.807) is 36.4 Å². The third-order valence-corrected chi connectivity index (χ3v) is 5.18. The SMILES string of the molecule is O=C1CCC(N2C(=O)c3cccc(OCc4cccc(Cl)c4)c3C2=O)C(=O)C1. The molecule has 1 aliphatic carbocycles. The maximum Gasteiger partial charge on any atom is 0.266 e. The first-order chi connectivity index (χ1) is 13.5. The zero-order valence-corrected chi connectivity index (χ0v) is 15.6.